The Morgan fingerprint density at radius 1 is 1.14 bits per heavy atom. The van der Waals surface area contributed by atoms with Gasteiger partial charge in [-0.2, -0.15) is 23.3 Å². The molecule has 0 saturated carbocycles. The molecule has 0 spiro atoms. The number of nitrogens with one attached hydrogen (secondary N) is 1. The number of hydrogen-bond acceptors (Lipinski definition) is 6. The van der Waals surface area contributed by atoms with E-state index in [-0.39, 0.29) is 35.2 Å². The summed E-state index contributed by atoms with van der Waals surface area (Å²) in [6.45, 7) is 1.97. The molecule has 1 aliphatic rings. The first-order valence-electron chi connectivity index (χ1n) is 11.1. The van der Waals surface area contributed by atoms with E-state index in [0.29, 0.717) is 31.6 Å². The first-order valence-corrected chi connectivity index (χ1v) is 11.1. The van der Waals surface area contributed by atoms with Crippen molar-refractivity contribution in [2.45, 2.75) is 18.6 Å². The second kappa shape index (κ2) is 10.1. The van der Waals surface area contributed by atoms with Crippen molar-refractivity contribution in [3.05, 3.63) is 65.4 Å². The van der Waals surface area contributed by atoms with Crippen LogP contribution in [0.4, 0.5) is 27.9 Å². The van der Waals surface area contributed by atoms with Gasteiger partial charge >= 0.3 is 6.18 Å². The smallest absolute Gasteiger partial charge is 0.419 e. The molecule has 1 fully saturated rings. The topological polar surface area (TPSA) is 79.1 Å². The highest BCUT2D eigenvalue weighted by Gasteiger charge is 2.38. The van der Waals surface area contributed by atoms with Crippen LogP contribution in [0.1, 0.15) is 11.1 Å². The van der Waals surface area contributed by atoms with Crippen molar-refractivity contribution >= 4 is 29.4 Å². The molecule has 0 radical (unpaired) electrons. The summed E-state index contributed by atoms with van der Waals surface area (Å²) < 4.78 is 69.7. The van der Waals surface area contributed by atoms with Gasteiger partial charge in [0.05, 0.1) is 10.9 Å². The SMILES string of the molecule is Cl.Cn1nc(-c2cc(C(F)(F)F)c(F)c(O)c2F)c2cnc(N3CCN[C@@H](Cc4ccccc4)C3)nc21. The van der Waals surface area contributed by atoms with Gasteiger partial charge < -0.3 is 15.3 Å². The Morgan fingerprint density at radius 3 is 2.57 bits per heavy atom. The zero-order valence-electron chi connectivity index (χ0n) is 19.4. The molecule has 3 heterocycles. The first-order chi connectivity index (χ1) is 17.1. The van der Waals surface area contributed by atoms with Crippen LogP contribution in [0.5, 0.6) is 5.75 Å². The average molecular weight is 541 g/mol. The minimum Gasteiger partial charge on any atom is -0.503 e. The molecule has 7 nitrogen and oxygen atoms in total. The fraction of sp³-hybridized carbons (Fsp3) is 0.292. The number of fused-ring (bicyclic) bond motifs is 1. The van der Waals surface area contributed by atoms with E-state index in [1.54, 1.807) is 0 Å². The highest BCUT2D eigenvalue weighted by molar-refractivity contribution is 5.91. The van der Waals surface area contributed by atoms with Crippen LogP contribution in [0, 0.1) is 11.6 Å². The number of nitrogens with zero attached hydrogens (tertiary/aromatic N) is 5. The van der Waals surface area contributed by atoms with Crippen LogP contribution in [0.15, 0.2) is 42.6 Å². The Balaban J connectivity index is 0.00000320. The van der Waals surface area contributed by atoms with Gasteiger partial charge in [0.2, 0.25) is 5.95 Å². The van der Waals surface area contributed by atoms with E-state index < -0.39 is 34.7 Å². The van der Waals surface area contributed by atoms with E-state index in [9.17, 15) is 27.1 Å². The Kier molecular flexibility index (Phi) is 7.24. The Bertz CT molecular complexity index is 1430. The normalized spacial score (nSPS) is 16.2. The number of benzene rings is 2. The summed E-state index contributed by atoms with van der Waals surface area (Å²) in [6.07, 6.45) is -2.98. The molecule has 2 aromatic carbocycles. The zero-order chi connectivity index (χ0) is 25.6. The van der Waals surface area contributed by atoms with Crippen molar-refractivity contribution in [1.82, 2.24) is 25.1 Å². The molecule has 37 heavy (non-hydrogen) atoms. The van der Waals surface area contributed by atoms with E-state index in [2.05, 4.69) is 32.5 Å². The number of phenols is 1. The largest absolute Gasteiger partial charge is 0.503 e. The van der Waals surface area contributed by atoms with Gasteiger partial charge in [-0.25, -0.2) is 18.4 Å². The molecule has 2 aromatic heterocycles. The molecule has 0 aliphatic carbocycles. The highest BCUT2D eigenvalue weighted by atomic mass is 35.5. The molecule has 5 rings (SSSR count). The summed E-state index contributed by atoms with van der Waals surface area (Å²) in [5.74, 6) is -4.95. The lowest BCUT2D eigenvalue weighted by Crippen LogP contribution is -2.52. The zero-order valence-corrected chi connectivity index (χ0v) is 20.2. The molecule has 2 N–H and O–H groups in total. The third kappa shape index (κ3) is 5.03. The molecule has 1 aliphatic heterocycles. The van der Waals surface area contributed by atoms with Gasteiger partial charge in [-0.1, -0.05) is 30.3 Å². The molecule has 13 heteroatoms. The van der Waals surface area contributed by atoms with Crippen molar-refractivity contribution < 1.29 is 27.1 Å². The Hall–Kier alpha value is -3.51. The van der Waals surface area contributed by atoms with Crippen molar-refractivity contribution in [1.29, 1.82) is 0 Å². The fourth-order valence-corrected chi connectivity index (χ4v) is 4.42. The predicted molar refractivity (Wildman–Crippen MR) is 130 cm³/mol. The number of rotatable bonds is 4. The number of aromatic nitrogens is 4. The summed E-state index contributed by atoms with van der Waals surface area (Å²) >= 11 is 0. The van der Waals surface area contributed by atoms with E-state index in [0.717, 1.165) is 6.42 Å². The maximum atomic E-state index is 14.7. The predicted octanol–water partition coefficient (Wildman–Crippen LogP) is 4.48. The Morgan fingerprint density at radius 2 is 1.86 bits per heavy atom. The number of piperazine rings is 1. The summed E-state index contributed by atoms with van der Waals surface area (Å²) in [6, 6.07) is 10.5. The van der Waals surface area contributed by atoms with Crippen LogP contribution in [-0.4, -0.2) is 50.5 Å². The standard InChI is InChI=1S/C24H21F5N6O.ClH/c1-34-22-16(20(33-34)15-10-17(24(27,28)29)19(26)21(36)18(15)25)11-31-23(32-22)35-8-7-30-14(12-35)9-13-5-3-2-4-6-13;/h2-6,10-11,14,30,36H,7-9,12H2,1H3;1H/t14-;/m0./s1. The number of aromatic hydroxyl groups is 1. The van der Waals surface area contributed by atoms with Crippen LogP contribution in [-0.2, 0) is 19.6 Å². The van der Waals surface area contributed by atoms with Gasteiger partial charge in [0.15, 0.2) is 23.0 Å². The van der Waals surface area contributed by atoms with Gasteiger partial charge in [0, 0.05) is 44.5 Å². The van der Waals surface area contributed by atoms with Crippen molar-refractivity contribution in [3.63, 3.8) is 0 Å². The average Bonchev–Trinajstić information content (AvgIpc) is 3.18. The lowest BCUT2D eigenvalue weighted by Gasteiger charge is -2.33. The maximum absolute atomic E-state index is 14.7. The molecule has 1 saturated heterocycles. The van der Waals surface area contributed by atoms with Gasteiger partial charge in [-0.3, -0.25) is 0 Å². The van der Waals surface area contributed by atoms with Crippen LogP contribution >= 0.6 is 12.4 Å². The quantitative estimate of drug-likeness (QED) is 0.372. The third-order valence-electron chi connectivity index (χ3n) is 6.17. The van der Waals surface area contributed by atoms with Crippen LogP contribution in [0.3, 0.4) is 0 Å². The molecular weight excluding hydrogens is 519 g/mol. The van der Waals surface area contributed by atoms with Crippen LogP contribution < -0.4 is 10.2 Å². The van der Waals surface area contributed by atoms with Crippen molar-refractivity contribution in [3.8, 4) is 17.0 Å². The first kappa shape index (κ1) is 26.6. The lowest BCUT2D eigenvalue weighted by molar-refractivity contribution is -0.140. The van der Waals surface area contributed by atoms with Gasteiger partial charge in [-0.15, -0.1) is 12.4 Å². The maximum Gasteiger partial charge on any atom is 0.419 e. The van der Waals surface area contributed by atoms with Crippen molar-refractivity contribution in [2.75, 3.05) is 24.5 Å². The van der Waals surface area contributed by atoms with Gasteiger partial charge in [0.1, 0.15) is 5.69 Å². The molecule has 1 atom stereocenters. The number of aryl methyl sites for hydroxylation is 1. The molecule has 0 unspecified atom stereocenters. The van der Waals surface area contributed by atoms with Crippen LogP contribution in [0.2, 0.25) is 0 Å². The summed E-state index contributed by atoms with van der Waals surface area (Å²) in [4.78, 5) is 10.9. The third-order valence-corrected chi connectivity index (χ3v) is 6.17. The minimum atomic E-state index is -5.14. The number of halogens is 6. The number of anilines is 1. The highest BCUT2D eigenvalue weighted by Crippen LogP contribution is 2.41. The summed E-state index contributed by atoms with van der Waals surface area (Å²) in [7, 11) is 1.50. The Labute approximate surface area is 214 Å². The van der Waals surface area contributed by atoms with E-state index in [1.807, 2.05) is 23.1 Å². The molecule has 4 aromatic rings. The molecule has 196 valence electrons. The number of hydrogen-bond donors (Lipinski definition) is 2. The van der Waals surface area contributed by atoms with Crippen molar-refractivity contribution in [2.24, 2.45) is 7.05 Å². The number of phenolic OH excluding ortho intramolecular Hbond substituents is 1. The van der Waals surface area contributed by atoms with E-state index >= 15 is 0 Å². The minimum absolute atomic E-state index is 0. The van der Waals surface area contributed by atoms with Crippen LogP contribution in [0.25, 0.3) is 22.3 Å². The molecule has 0 bridgehead atoms. The van der Waals surface area contributed by atoms with E-state index in [4.69, 9.17) is 0 Å². The lowest BCUT2D eigenvalue weighted by atomic mass is 10.0. The van der Waals surface area contributed by atoms with Gasteiger partial charge in [0.25, 0.3) is 0 Å². The number of alkyl halides is 3. The molecular formula is C24H22ClF5N6O. The molecule has 0 amide bonds. The summed E-state index contributed by atoms with van der Waals surface area (Å²) in [5.41, 5.74) is -1.29. The monoisotopic (exact) mass is 540 g/mol. The second-order valence-corrected chi connectivity index (χ2v) is 8.61. The second-order valence-electron chi connectivity index (χ2n) is 8.61. The summed E-state index contributed by atoms with van der Waals surface area (Å²) in [5, 5.41) is 17.4. The van der Waals surface area contributed by atoms with Gasteiger partial charge in [-0.05, 0) is 18.1 Å². The fourth-order valence-electron chi connectivity index (χ4n) is 4.42. The van der Waals surface area contributed by atoms with E-state index in [1.165, 1.54) is 23.5 Å².